The molecule has 0 saturated heterocycles. The lowest BCUT2D eigenvalue weighted by Gasteiger charge is -1.93. The van der Waals surface area contributed by atoms with Gasteiger partial charge in [-0.3, -0.25) is 0 Å². The minimum absolute atomic E-state index is 0.499. The van der Waals surface area contributed by atoms with Gasteiger partial charge in [-0.15, -0.1) is 0 Å². The molecule has 2 nitrogen and oxygen atoms in total. The van der Waals surface area contributed by atoms with E-state index in [2.05, 4.69) is 25.9 Å². The Hall–Kier alpha value is -0.540. The summed E-state index contributed by atoms with van der Waals surface area (Å²) >= 11 is 9.09. The van der Waals surface area contributed by atoms with Crippen LogP contribution in [0.3, 0.4) is 0 Å². The predicted octanol–water partition coefficient (Wildman–Crippen LogP) is 2.98. The highest BCUT2D eigenvalue weighted by atomic mass is 79.9. The van der Waals surface area contributed by atoms with Gasteiger partial charge < -0.3 is 4.98 Å². The van der Waals surface area contributed by atoms with Gasteiger partial charge in [0.15, 0.2) is 5.15 Å². The first-order valence-electron chi connectivity index (χ1n) is 3.06. The number of fused-ring (bicyclic) bond motifs is 1. The highest BCUT2D eigenvalue weighted by Gasteiger charge is 2.01. The number of hydrogen-bond acceptors (Lipinski definition) is 1. The maximum atomic E-state index is 5.83. The van der Waals surface area contributed by atoms with Crippen molar-refractivity contribution in [3.05, 3.63) is 28.1 Å². The molecule has 0 bridgehead atoms. The zero-order valence-corrected chi connectivity index (χ0v) is 7.78. The van der Waals surface area contributed by atoms with Crippen molar-refractivity contribution in [1.29, 1.82) is 0 Å². The van der Waals surface area contributed by atoms with E-state index in [4.69, 9.17) is 11.6 Å². The van der Waals surface area contributed by atoms with Gasteiger partial charge in [-0.2, -0.15) is 0 Å². The molecule has 2 heterocycles. The maximum Gasteiger partial charge on any atom is 0.154 e. The van der Waals surface area contributed by atoms with Crippen molar-refractivity contribution < 1.29 is 0 Å². The molecule has 0 radical (unpaired) electrons. The summed E-state index contributed by atoms with van der Waals surface area (Å²) in [4.78, 5) is 7.02. The lowest BCUT2D eigenvalue weighted by atomic mass is 10.3. The number of nitrogens with one attached hydrogen (secondary N) is 1. The van der Waals surface area contributed by atoms with Crippen LogP contribution in [0, 0.1) is 0 Å². The number of pyridine rings is 1. The van der Waals surface area contributed by atoms with Gasteiger partial charge in [0.1, 0.15) is 4.60 Å². The number of hydrogen-bond donors (Lipinski definition) is 1. The van der Waals surface area contributed by atoms with E-state index in [0.717, 1.165) is 15.5 Å². The Morgan fingerprint density at radius 2 is 2.36 bits per heavy atom. The van der Waals surface area contributed by atoms with E-state index in [1.54, 1.807) is 0 Å². The van der Waals surface area contributed by atoms with Crippen molar-refractivity contribution in [3.63, 3.8) is 0 Å². The molecule has 0 spiro atoms. The first-order valence-corrected chi connectivity index (χ1v) is 4.23. The molecule has 2 aromatic heterocycles. The van der Waals surface area contributed by atoms with E-state index >= 15 is 0 Å². The number of aromatic nitrogens is 2. The fraction of sp³-hybridized carbons (Fsp3) is 0. The second-order valence-electron chi connectivity index (χ2n) is 2.18. The molecule has 1 N–H and O–H groups in total. The van der Waals surface area contributed by atoms with Gasteiger partial charge in [-0.1, -0.05) is 11.6 Å². The molecular formula is C7H4BrClN2. The van der Waals surface area contributed by atoms with Crippen LogP contribution in [0.4, 0.5) is 0 Å². The summed E-state index contributed by atoms with van der Waals surface area (Å²) < 4.78 is 0.759. The molecule has 2 rings (SSSR count). The predicted molar refractivity (Wildman–Crippen MR) is 48.8 cm³/mol. The zero-order chi connectivity index (χ0) is 7.84. The van der Waals surface area contributed by atoms with Crippen LogP contribution in [0.15, 0.2) is 22.9 Å². The molecule has 0 atom stereocenters. The Balaban J connectivity index is 2.91. The van der Waals surface area contributed by atoms with Gasteiger partial charge >= 0.3 is 0 Å². The van der Waals surface area contributed by atoms with Crippen LogP contribution in [0.5, 0.6) is 0 Å². The van der Waals surface area contributed by atoms with Gasteiger partial charge in [0, 0.05) is 11.6 Å². The van der Waals surface area contributed by atoms with Crippen molar-refractivity contribution in [2.75, 3.05) is 0 Å². The normalized spacial score (nSPS) is 10.7. The van der Waals surface area contributed by atoms with Gasteiger partial charge in [0.25, 0.3) is 0 Å². The molecule has 0 aliphatic rings. The molecule has 0 aliphatic carbocycles. The van der Waals surface area contributed by atoms with Crippen molar-refractivity contribution in [2.24, 2.45) is 0 Å². The van der Waals surface area contributed by atoms with Crippen molar-refractivity contribution in [3.8, 4) is 0 Å². The summed E-state index contributed by atoms with van der Waals surface area (Å²) in [6.07, 6.45) is 1.84. The monoisotopic (exact) mass is 230 g/mol. The summed E-state index contributed by atoms with van der Waals surface area (Å²) in [5.41, 5.74) is 0.884. The summed E-state index contributed by atoms with van der Waals surface area (Å²) in [5, 5.41) is 1.57. The van der Waals surface area contributed by atoms with Crippen molar-refractivity contribution in [1.82, 2.24) is 9.97 Å². The Morgan fingerprint density at radius 1 is 1.55 bits per heavy atom. The van der Waals surface area contributed by atoms with Gasteiger partial charge in [-0.25, -0.2) is 4.98 Å². The van der Waals surface area contributed by atoms with Crippen LogP contribution in [0.25, 0.3) is 10.9 Å². The molecule has 0 amide bonds. The van der Waals surface area contributed by atoms with Crippen LogP contribution in [-0.2, 0) is 0 Å². The topological polar surface area (TPSA) is 28.7 Å². The zero-order valence-electron chi connectivity index (χ0n) is 5.44. The van der Waals surface area contributed by atoms with Gasteiger partial charge in [0.2, 0.25) is 0 Å². The standard InChI is InChI=1S/C7H4BrClN2/c8-5-3-4-1-2-10-6(4)7(9)11-5/h1-3,10H. The maximum absolute atomic E-state index is 5.83. The average molecular weight is 231 g/mol. The van der Waals surface area contributed by atoms with Crippen molar-refractivity contribution >= 4 is 38.4 Å². The lowest BCUT2D eigenvalue weighted by Crippen LogP contribution is -1.78. The number of rotatable bonds is 0. The second-order valence-corrected chi connectivity index (χ2v) is 3.35. The minimum atomic E-state index is 0.499. The second kappa shape index (κ2) is 2.50. The molecule has 2 aromatic rings. The molecule has 56 valence electrons. The first-order chi connectivity index (χ1) is 5.27. The SMILES string of the molecule is Clc1nc(Br)cc2cc[nH]c12. The molecular weight excluding hydrogens is 227 g/mol. The molecule has 11 heavy (non-hydrogen) atoms. The molecule has 0 unspecified atom stereocenters. The summed E-state index contributed by atoms with van der Waals surface area (Å²) in [6.45, 7) is 0. The first kappa shape index (κ1) is 7.13. The van der Waals surface area contributed by atoms with E-state index in [0.29, 0.717) is 5.15 Å². The van der Waals surface area contributed by atoms with Crippen LogP contribution in [0.2, 0.25) is 5.15 Å². The quantitative estimate of drug-likeness (QED) is 0.694. The van der Waals surface area contributed by atoms with E-state index in [1.165, 1.54) is 0 Å². The summed E-state index contributed by atoms with van der Waals surface area (Å²) in [6, 6.07) is 3.87. The highest BCUT2D eigenvalue weighted by molar-refractivity contribution is 9.10. The van der Waals surface area contributed by atoms with E-state index < -0.39 is 0 Å². The Morgan fingerprint density at radius 3 is 3.18 bits per heavy atom. The minimum Gasteiger partial charge on any atom is -0.359 e. The molecule has 0 aromatic carbocycles. The smallest absolute Gasteiger partial charge is 0.154 e. The molecule has 0 fully saturated rings. The third kappa shape index (κ3) is 1.14. The highest BCUT2D eigenvalue weighted by Crippen LogP contribution is 2.22. The molecule has 0 saturated carbocycles. The van der Waals surface area contributed by atoms with E-state index in [9.17, 15) is 0 Å². The number of nitrogens with zero attached hydrogens (tertiary/aromatic N) is 1. The van der Waals surface area contributed by atoms with Crippen molar-refractivity contribution in [2.45, 2.75) is 0 Å². The Bertz CT molecular complexity index is 396. The van der Waals surface area contributed by atoms with Gasteiger partial charge in [0.05, 0.1) is 5.52 Å². The fourth-order valence-electron chi connectivity index (χ4n) is 0.991. The largest absolute Gasteiger partial charge is 0.359 e. The number of H-pyrrole nitrogens is 1. The molecule has 4 heteroatoms. The van der Waals surface area contributed by atoms with Crippen LogP contribution >= 0.6 is 27.5 Å². The van der Waals surface area contributed by atoms with Crippen LogP contribution in [0.1, 0.15) is 0 Å². The Kier molecular flexibility index (Phi) is 1.62. The number of halogens is 2. The van der Waals surface area contributed by atoms with E-state index in [1.807, 2.05) is 18.3 Å². The lowest BCUT2D eigenvalue weighted by molar-refractivity contribution is 1.29. The average Bonchev–Trinajstić information content (AvgIpc) is 2.34. The summed E-state index contributed by atoms with van der Waals surface area (Å²) in [5.74, 6) is 0. The molecule has 0 aliphatic heterocycles. The van der Waals surface area contributed by atoms with Crippen LogP contribution < -0.4 is 0 Å². The third-order valence-electron chi connectivity index (χ3n) is 1.47. The number of aromatic amines is 1. The fourth-order valence-corrected chi connectivity index (χ4v) is 1.77. The Labute approximate surface area is 76.7 Å². The van der Waals surface area contributed by atoms with Crippen LogP contribution in [-0.4, -0.2) is 9.97 Å². The van der Waals surface area contributed by atoms with Gasteiger partial charge in [-0.05, 0) is 28.1 Å². The summed E-state index contributed by atoms with van der Waals surface area (Å²) in [7, 11) is 0. The third-order valence-corrected chi connectivity index (χ3v) is 2.14. The van der Waals surface area contributed by atoms with E-state index in [-0.39, 0.29) is 0 Å².